The molecule has 1 aliphatic heterocycles. The molecule has 22 heavy (non-hydrogen) atoms. The number of halogens is 1. The zero-order chi connectivity index (χ0) is 15.5. The summed E-state index contributed by atoms with van der Waals surface area (Å²) < 4.78 is 14.3. The van der Waals surface area contributed by atoms with Crippen molar-refractivity contribution in [2.75, 3.05) is 29.9 Å². The summed E-state index contributed by atoms with van der Waals surface area (Å²) in [5, 5.41) is 14.4. The molecule has 1 aromatic rings. The van der Waals surface area contributed by atoms with Gasteiger partial charge in [-0.15, -0.1) is 0 Å². The van der Waals surface area contributed by atoms with E-state index in [1.165, 1.54) is 6.42 Å². The Morgan fingerprint density at radius 2 is 2.18 bits per heavy atom. The maximum absolute atomic E-state index is 14.3. The van der Waals surface area contributed by atoms with Crippen LogP contribution in [-0.4, -0.2) is 36.9 Å². The summed E-state index contributed by atoms with van der Waals surface area (Å²) in [7, 11) is 0. The van der Waals surface area contributed by atoms with Crippen LogP contribution in [0.4, 0.5) is 20.6 Å². The van der Waals surface area contributed by atoms with Crippen LogP contribution in [0.1, 0.15) is 25.7 Å². The second-order valence-corrected chi connectivity index (χ2v) is 6.23. The molecule has 0 aromatic heterocycles. The third kappa shape index (κ3) is 3.43. The highest BCUT2D eigenvalue weighted by Gasteiger charge is 2.25. The molecule has 3 N–H and O–H groups in total. The van der Waals surface area contributed by atoms with E-state index in [9.17, 15) is 9.18 Å². The number of rotatable bonds is 5. The van der Waals surface area contributed by atoms with Crippen LogP contribution in [-0.2, 0) is 0 Å². The van der Waals surface area contributed by atoms with Gasteiger partial charge in [-0.05, 0) is 49.8 Å². The van der Waals surface area contributed by atoms with Gasteiger partial charge in [-0.3, -0.25) is 0 Å². The van der Waals surface area contributed by atoms with Crippen molar-refractivity contribution in [2.45, 2.75) is 31.7 Å². The Labute approximate surface area is 129 Å². The van der Waals surface area contributed by atoms with E-state index < -0.39 is 6.09 Å². The van der Waals surface area contributed by atoms with Crippen molar-refractivity contribution in [1.29, 1.82) is 0 Å². The van der Waals surface area contributed by atoms with Crippen molar-refractivity contribution in [3.8, 4) is 0 Å². The molecule has 5 nitrogen and oxygen atoms in total. The van der Waals surface area contributed by atoms with E-state index >= 15 is 0 Å². The number of amides is 1. The van der Waals surface area contributed by atoms with Gasteiger partial charge in [-0.25, -0.2) is 9.18 Å². The van der Waals surface area contributed by atoms with Gasteiger partial charge in [0, 0.05) is 31.4 Å². The fourth-order valence-electron chi connectivity index (χ4n) is 3.09. The Balaban J connectivity index is 1.58. The van der Waals surface area contributed by atoms with Crippen molar-refractivity contribution >= 4 is 17.5 Å². The lowest BCUT2D eigenvalue weighted by Gasteiger charge is -2.28. The van der Waals surface area contributed by atoms with E-state index in [1.54, 1.807) is 6.07 Å². The average molecular weight is 307 g/mol. The Morgan fingerprint density at radius 3 is 2.82 bits per heavy atom. The predicted molar refractivity (Wildman–Crippen MR) is 84.0 cm³/mol. The number of carboxylic acid groups (broad SMARTS) is 1. The minimum Gasteiger partial charge on any atom is -0.465 e. The Kier molecular flexibility index (Phi) is 4.36. The quantitative estimate of drug-likeness (QED) is 0.782. The highest BCUT2D eigenvalue weighted by molar-refractivity contribution is 5.64. The monoisotopic (exact) mass is 307 g/mol. The lowest BCUT2D eigenvalue weighted by atomic mass is 9.93. The summed E-state index contributed by atoms with van der Waals surface area (Å²) in [6.45, 7) is 1.87. The molecule has 0 unspecified atom stereocenters. The molecule has 0 bridgehead atoms. The van der Waals surface area contributed by atoms with Crippen molar-refractivity contribution in [2.24, 2.45) is 5.92 Å². The van der Waals surface area contributed by atoms with E-state index in [-0.39, 0.29) is 11.7 Å². The summed E-state index contributed by atoms with van der Waals surface area (Å²) in [5.74, 6) is 0.0273. The minimum absolute atomic E-state index is 0.212. The van der Waals surface area contributed by atoms with Crippen LogP contribution in [0.25, 0.3) is 0 Å². The second-order valence-electron chi connectivity index (χ2n) is 6.23. The van der Waals surface area contributed by atoms with E-state index in [1.807, 2.05) is 17.0 Å². The van der Waals surface area contributed by atoms with Gasteiger partial charge in [0.25, 0.3) is 0 Å². The zero-order valence-electron chi connectivity index (χ0n) is 12.5. The molecule has 3 rings (SSSR count). The number of carbonyl (C=O) groups is 1. The number of anilines is 2. The van der Waals surface area contributed by atoms with Gasteiger partial charge in [0.05, 0.1) is 5.69 Å². The van der Waals surface area contributed by atoms with Gasteiger partial charge in [-0.1, -0.05) is 0 Å². The van der Waals surface area contributed by atoms with Gasteiger partial charge in [0.15, 0.2) is 0 Å². The number of hydrogen-bond donors (Lipinski definition) is 3. The summed E-state index contributed by atoms with van der Waals surface area (Å²) in [6.07, 6.45) is 3.44. The Morgan fingerprint density at radius 1 is 1.36 bits per heavy atom. The molecule has 1 amide bonds. The molecule has 6 heteroatoms. The fraction of sp³-hybridized carbons (Fsp3) is 0.562. The highest BCUT2D eigenvalue weighted by atomic mass is 19.1. The van der Waals surface area contributed by atoms with Crippen LogP contribution >= 0.6 is 0 Å². The van der Waals surface area contributed by atoms with Crippen LogP contribution < -0.4 is 15.5 Å². The number of benzene rings is 1. The molecular formula is C16H22FN3O2. The van der Waals surface area contributed by atoms with Crippen molar-refractivity contribution < 1.29 is 14.3 Å². The lowest BCUT2D eigenvalue weighted by Crippen LogP contribution is -2.30. The van der Waals surface area contributed by atoms with Crippen LogP contribution in [0.2, 0.25) is 0 Å². The van der Waals surface area contributed by atoms with E-state index in [0.717, 1.165) is 31.5 Å². The largest absolute Gasteiger partial charge is 0.465 e. The SMILES string of the molecule is O=C(O)NC[C@H]1CCN(c2ccc(NC3CCC3)cc2F)C1. The van der Waals surface area contributed by atoms with Gasteiger partial charge in [-0.2, -0.15) is 0 Å². The molecule has 120 valence electrons. The predicted octanol–water partition coefficient (Wildman–Crippen LogP) is 2.88. The third-order valence-corrected chi connectivity index (χ3v) is 4.59. The molecule has 2 aliphatic rings. The topological polar surface area (TPSA) is 64.6 Å². The van der Waals surface area contributed by atoms with Gasteiger partial charge >= 0.3 is 6.09 Å². The van der Waals surface area contributed by atoms with Crippen LogP contribution in [0.5, 0.6) is 0 Å². The molecule has 1 aromatic carbocycles. The number of nitrogens with zero attached hydrogens (tertiary/aromatic N) is 1. The first-order valence-corrected chi connectivity index (χ1v) is 7.89. The third-order valence-electron chi connectivity index (χ3n) is 4.59. The van der Waals surface area contributed by atoms with Crippen LogP contribution in [0, 0.1) is 11.7 Å². The Hall–Kier alpha value is -1.98. The normalized spacial score (nSPS) is 21.5. The maximum Gasteiger partial charge on any atom is 0.404 e. The number of nitrogens with one attached hydrogen (secondary N) is 2. The molecule has 0 radical (unpaired) electrons. The lowest BCUT2D eigenvalue weighted by molar-refractivity contribution is 0.192. The second kappa shape index (κ2) is 6.42. The fourth-order valence-corrected chi connectivity index (χ4v) is 3.09. The first-order chi connectivity index (χ1) is 10.6. The van der Waals surface area contributed by atoms with Gasteiger partial charge in [0.2, 0.25) is 0 Å². The van der Waals surface area contributed by atoms with Crippen molar-refractivity contribution in [3.05, 3.63) is 24.0 Å². The molecule has 1 saturated carbocycles. The minimum atomic E-state index is -1.00. The smallest absolute Gasteiger partial charge is 0.404 e. The van der Waals surface area contributed by atoms with E-state index in [0.29, 0.717) is 24.8 Å². The summed E-state index contributed by atoms with van der Waals surface area (Å²) in [6, 6.07) is 5.81. The van der Waals surface area contributed by atoms with E-state index in [2.05, 4.69) is 10.6 Å². The molecule has 2 fully saturated rings. The summed E-state index contributed by atoms with van der Waals surface area (Å²) >= 11 is 0. The molecule has 0 spiro atoms. The maximum atomic E-state index is 14.3. The van der Waals surface area contributed by atoms with Crippen LogP contribution in [0.3, 0.4) is 0 Å². The van der Waals surface area contributed by atoms with Crippen molar-refractivity contribution in [1.82, 2.24) is 5.32 Å². The number of hydrogen-bond acceptors (Lipinski definition) is 3. The zero-order valence-corrected chi connectivity index (χ0v) is 12.5. The highest BCUT2D eigenvalue weighted by Crippen LogP contribution is 2.30. The first-order valence-electron chi connectivity index (χ1n) is 7.89. The molecule has 1 heterocycles. The van der Waals surface area contributed by atoms with Crippen LogP contribution in [0.15, 0.2) is 18.2 Å². The van der Waals surface area contributed by atoms with Crippen molar-refractivity contribution in [3.63, 3.8) is 0 Å². The molecule has 1 saturated heterocycles. The van der Waals surface area contributed by atoms with Gasteiger partial charge in [0.1, 0.15) is 5.82 Å². The average Bonchev–Trinajstić information content (AvgIpc) is 2.89. The molecular weight excluding hydrogens is 285 g/mol. The first kappa shape index (κ1) is 14.9. The Bertz CT molecular complexity index is 548. The summed E-state index contributed by atoms with van der Waals surface area (Å²) in [5.41, 5.74) is 1.45. The molecule has 1 atom stereocenters. The summed E-state index contributed by atoms with van der Waals surface area (Å²) in [4.78, 5) is 12.5. The van der Waals surface area contributed by atoms with E-state index in [4.69, 9.17) is 5.11 Å². The molecule has 1 aliphatic carbocycles. The van der Waals surface area contributed by atoms with Gasteiger partial charge < -0.3 is 20.6 Å². The standard InChI is InChI=1S/C16H22FN3O2/c17-14-8-13(19-12-2-1-3-12)4-5-15(14)20-7-6-11(10-20)9-18-16(21)22/h4-5,8,11-12,18-19H,1-3,6-7,9-10H2,(H,21,22)/t11-/m1/s1.